The Morgan fingerprint density at radius 3 is 2.94 bits per heavy atom. The first-order chi connectivity index (χ1) is 8.12. The van der Waals surface area contributed by atoms with Crippen molar-refractivity contribution in [1.82, 2.24) is 10.2 Å². The number of carbonyl (C=O) groups is 1. The van der Waals surface area contributed by atoms with Crippen molar-refractivity contribution < 1.29 is 9.53 Å². The molecule has 2 heterocycles. The van der Waals surface area contributed by atoms with Gasteiger partial charge in [0.05, 0.1) is 11.5 Å². The van der Waals surface area contributed by atoms with Crippen LogP contribution < -0.4 is 5.32 Å². The van der Waals surface area contributed by atoms with Gasteiger partial charge in [0, 0.05) is 26.7 Å². The number of ether oxygens (including phenoxy) is 1. The molecule has 98 valence electrons. The molecule has 0 aliphatic carbocycles. The lowest BCUT2D eigenvalue weighted by Gasteiger charge is -2.32. The Morgan fingerprint density at radius 1 is 1.53 bits per heavy atom. The minimum Gasteiger partial charge on any atom is -0.376 e. The zero-order valence-electron chi connectivity index (χ0n) is 11.0. The van der Waals surface area contributed by atoms with E-state index in [4.69, 9.17) is 4.74 Å². The first kappa shape index (κ1) is 12.8. The first-order valence-corrected chi connectivity index (χ1v) is 6.70. The summed E-state index contributed by atoms with van der Waals surface area (Å²) in [7, 11) is 1.91. The molecule has 4 nitrogen and oxygen atoms in total. The fraction of sp³-hybridized carbons (Fsp3) is 0.923. The maximum Gasteiger partial charge on any atom is 0.229 e. The molecular formula is C13H24N2O2. The van der Waals surface area contributed by atoms with Crippen molar-refractivity contribution in [3.8, 4) is 0 Å². The minimum absolute atomic E-state index is 0.205. The Labute approximate surface area is 104 Å². The average molecular weight is 240 g/mol. The molecule has 4 heteroatoms. The zero-order chi connectivity index (χ0) is 12.3. The molecule has 17 heavy (non-hydrogen) atoms. The fourth-order valence-electron chi connectivity index (χ4n) is 2.80. The van der Waals surface area contributed by atoms with Gasteiger partial charge in [0.2, 0.25) is 5.91 Å². The second-order valence-corrected chi connectivity index (χ2v) is 5.66. The Bertz CT molecular complexity index is 269. The summed E-state index contributed by atoms with van der Waals surface area (Å²) in [5.74, 6) is 0.261. The summed E-state index contributed by atoms with van der Waals surface area (Å²) in [6.07, 6.45) is 4.67. The molecule has 2 atom stereocenters. The molecule has 2 fully saturated rings. The first-order valence-electron chi connectivity index (χ1n) is 6.70. The minimum atomic E-state index is -0.205. The van der Waals surface area contributed by atoms with Gasteiger partial charge in [-0.2, -0.15) is 0 Å². The molecule has 0 saturated carbocycles. The van der Waals surface area contributed by atoms with Crippen molar-refractivity contribution in [3.05, 3.63) is 0 Å². The number of nitrogens with zero attached hydrogens (tertiary/aromatic N) is 1. The fourth-order valence-corrected chi connectivity index (χ4v) is 2.80. The van der Waals surface area contributed by atoms with Gasteiger partial charge in [0.15, 0.2) is 0 Å². The van der Waals surface area contributed by atoms with Crippen molar-refractivity contribution in [1.29, 1.82) is 0 Å². The number of rotatable bonds is 3. The van der Waals surface area contributed by atoms with Gasteiger partial charge in [0.1, 0.15) is 0 Å². The van der Waals surface area contributed by atoms with Crippen LogP contribution in [0, 0.1) is 5.41 Å². The Morgan fingerprint density at radius 2 is 2.35 bits per heavy atom. The quantitative estimate of drug-likeness (QED) is 0.800. The monoisotopic (exact) mass is 240 g/mol. The van der Waals surface area contributed by atoms with Crippen LogP contribution in [0.5, 0.6) is 0 Å². The zero-order valence-corrected chi connectivity index (χ0v) is 11.0. The van der Waals surface area contributed by atoms with Crippen LogP contribution in [0.4, 0.5) is 0 Å². The van der Waals surface area contributed by atoms with Gasteiger partial charge in [-0.05, 0) is 39.2 Å². The molecule has 0 bridgehead atoms. The molecule has 1 N–H and O–H groups in total. The van der Waals surface area contributed by atoms with Gasteiger partial charge in [-0.25, -0.2) is 0 Å². The Hall–Kier alpha value is -0.610. The van der Waals surface area contributed by atoms with E-state index in [1.165, 1.54) is 6.42 Å². The van der Waals surface area contributed by atoms with E-state index >= 15 is 0 Å². The summed E-state index contributed by atoms with van der Waals surface area (Å²) in [6, 6.07) is 0. The smallest absolute Gasteiger partial charge is 0.229 e. The van der Waals surface area contributed by atoms with Gasteiger partial charge in [0.25, 0.3) is 0 Å². The number of carbonyl (C=O) groups excluding carboxylic acids is 1. The van der Waals surface area contributed by atoms with Crippen LogP contribution in [0.3, 0.4) is 0 Å². The molecular weight excluding hydrogens is 216 g/mol. The summed E-state index contributed by atoms with van der Waals surface area (Å²) in [5.41, 5.74) is -0.205. The summed E-state index contributed by atoms with van der Waals surface area (Å²) in [5, 5.41) is 3.27. The van der Waals surface area contributed by atoms with E-state index in [0.717, 1.165) is 45.5 Å². The molecule has 0 aromatic heterocycles. The van der Waals surface area contributed by atoms with Gasteiger partial charge >= 0.3 is 0 Å². The predicted molar refractivity (Wildman–Crippen MR) is 66.8 cm³/mol. The molecule has 2 saturated heterocycles. The van der Waals surface area contributed by atoms with Crippen molar-refractivity contribution in [3.63, 3.8) is 0 Å². The normalized spacial score (nSPS) is 33.6. The van der Waals surface area contributed by atoms with Crippen molar-refractivity contribution in [2.24, 2.45) is 5.41 Å². The van der Waals surface area contributed by atoms with E-state index in [0.29, 0.717) is 0 Å². The van der Waals surface area contributed by atoms with Gasteiger partial charge in [-0.15, -0.1) is 0 Å². The number of likely N-dealkylation sites (N-methyl/N-ethyl adjacent to an activating group) is 1. The number of hydrogen-bond acceptors (Lipinski definition) is 3. The summed E-state index contributed by atoms with van der Waals surface area (Å²) >= 11 is 0. The molecule has 0 aromatic carbocycles. The molecule has 1 amide bonds. The van der Waals surface area contributed by atoms with E-state index in [1.54, 1.807) is 0 Å². The lowest BCUT2D eigenvalue weighted by atomic mass is 9.88. The van der Waals surface area contributed by atoms with Crippen molar-refractivity contribution in [2.75, 3.05) is 33.3 Å². The molecule has 2 rings (SSSR count). The third-order valence-electron chi connectivity index (χ3n) is 3.98. The van der Waals surface area contributed by atoms with E-state index in [-0.39, 0.29) is 17.4 Å². The molecule has 2 unspecified atom stereocenters. The third kappa shape index (κ3) is 2.99. The highest BCUT2D eigenvalue weighted by atomic mass is 16.5. The number of amides is 1. The molecule has 0 aromatic rings. The maximum absolute atomic E-state index is 12.4. The van der Waals surface area contributed by atoms with Crippen LogP contribution >= 0.6 is 0 Å². The number of nitrogens with one attached hydrogen (secondary N) is 1. The second kappa shape index (κ2) is 5.36. The van der Waals surface area contributed by atoms with Crippen LogP contribution in [0.15, 0.2) is 0 Å². The average Bonchev–Trinajstić information content (AvgIpc) is 2.78. The topological polar surface area (TPSA) is 41.6 Å². The van der Waals surface area contributed by atoms with Crippen molar-refractivity contribution >= 4 is 5.91 Å². The molecule has 0 radical (unpaired) electrons. The van der Waals surface area contributed by atoms with Crippen LogP contribution in [0.2, 0.25) is 0 Å². The van der Waals surface area contributed by atoms with E-state index in [1.807, 2.05) is 11.9 Å². The van der Waals surface area contributed by atoms with E-state index < -0.39 is 0 Å². The number of hydrogen-bond donors (Lipinski definition) is 1. The largest absolute Gasteiger partial charge is 0.376 e. The van der Waals surface area contributed by atoms with Gasteiger partial charge in [-0.1, -0.05) is 0 Å². The SMILES string of the molecule is CN(CC1CCCCO1)C(=O)C1(C)CCNC1. The van der Waals surface area contributed by atoms with Crippen LogP contribution in [-0.4, -0.2) is 50.2 Å². The van der Waals surface area contributed by atoms with Crippen molar-refractivity contribution in [2.45, 2.75) is 38.7 Å². The lowest BCUT2D eigenvalue weighted by Crippen LogP contribution is -2.45. The van der Waals surface area contributed by atoms with E-state index in [2.05, 4.69) is 12.2 Å². The van der Waals surface area contributed by atoms with Gasteiger partial charge < -0.3 is 15.0 Å². The molecule has 0 spiro atoms. The Balaban J connectivity index is 1.85. The van der Waals surface area contributed by atoms with E-state index in [9.17, 15) is 4.79 Å². The maximum atomic E-state index is 12.4. The summed E-state index contributed by atoms with van der Waals surface area (Å²) in [4.78, 5) is 14.2. The van der Waals surface area contributed by atoms with Crippen LogP contribution in [-0.2, 0) is 9.53 Å². The highest BCUT2D eigenvalue weighted by Gasteiger charge is 2.38. The third-order valence-corrected chi connectivity index (χ3v) is 3.98. The van der Waals surface area contributed by atoms with Gasteiger partial charge in [-0.3, -0.25) is 4.79 Å². The summed E-state index contributed by atoms with van der Waals surface area (Å²) < 4.78 is 5.68. The Kier molecular flexibility index (Phi) is 4.05. The predicted octanol–water partition coefficient (Wildman–Crippen LogP) is 1.01. The second-order valence-electron chi connectivity index (χ2n) is 5.66. The highest BCUT2D eigenvalue weighted by Crippen LogP contribution is 2.27. The lowest BCUT2D eigenvalue weighted by molar-refractivity contribution is -0.141. The van der Waals surface area contributed by atoms with Crippen LogP contribution in [0.25, 0.3) is 0 Å². The summed E-state index contributed by atoms with van der Waals surface area (Å²) in [6.45, 7) is 5.42. The highest BCUT2D eigenvalue weighted by molar-refractivity contribution is 5.82. The molecule has 2 aliphatic heterocycles. The molecule has 2 aliphatic rings. The standard InChI is InChI=1S/C13H24N2O2/c1-13(6-7-14-10-13)12(16)15(2)9-11-5-3-4-8-17-11/h11,14H,3-10H2,1-2H3. The van der Waals surface area contributed by atoms with Crippen LogP contribution in [0.1, 0.15) is 32.6 Å².